The standard InChI is InChI=1S/C11H9N7OS/c1-5-7-8(10(19)14-13-5)12-11-15-16-17-18(11)9(7)6-3-2-4-20-6/h2-4,9H,1H3,(H,14,19)(H,12,15,17)/t9-/m0/s1. The van der Waals surface area contributed by atoms with E-state index in [2.05, 4.69) is 31.0 Å². The molecule has 100 valence electrons. The smallest absolute Gasteiger partial charge is 0.288 e. The number of hydrogen-bond acceptors (Lipinski definition) is 7. The molecule has 20 heavy (non-hydrogen) atoms. The van der Waals surface area contributed by atoms with Crippen LogP contribution in [0.3, 0.4) is 0 Å². The molecule has 8 nitrogen and oxygen atoms in total. The molecule has 1 aliphatic rings. The third-order valence-electron chi connectivity index (χ3n) is 3.27. The summed E-state index contributed by atoms with van der Waals surface area (Å²) < 4.78 is 1.67. The first-order chi connectivity index (χ1) is 9.75. The predicted octanol–water partition coefficient (Wildman–Crippen LogP) is 0.821. The number of nitrogens with one attached hydrogen (secondary N) is 2. The van der Waals surface area contributed by atoms with Crippen LogP contribution in [0.4, 0.5) is 11.6 Å². The minimum Gasteiger partial charge on any atom is -0.318 e. The molecule has 3 aromatic heterocycles. The van der Waals surface area contributed by atoms with Crippen molar-refractivity contribution in [3.8, 4) is 0 Å². The fourth-order valence-corrected chi connectivity index (χ4v) is 3.22. The summed E-state index contributed by atoms with van der Waals surface area (Å²) in [6.45, 7) is 1.85. The van der Waals surface area contributed by atoms with Crippen LogP contribution in [0.5, 0.6) is 0 Å². The second kappa shape index (κ2) is 3.97. The largest absolute Gasteiger partial charge is 0.318 e. The zero-order chi connectivity index (χ0) is 13.7. The Bertz CT molecular complexity index is 835. The summed E-state index contributed by atoms with van der Waals surface area (Å²) in [6.07, 6.45) is 0. The van der Waals surface area contributed by atoms with Crippen LogP contribution in [0.15, 0.2) is 22.3 Å². The lowest BCUT2D eigenvalue weighted by Crippen LogP contribution is -2.28. The van der Waals surface area contributed by atoms with Crippen LogP contribution in [-0.2, 0) is 0 Å². The van der Waals surface area contributed by atoms with Crippen LogP contribution < -0.4 is 10.9 Å². The second-order valence-electron chi connectivity index (χ2n) is 4.42. The van der Waals surface area contributed by atoms with E-state index in [1.54, 1.807) is 16.0 Å². The highest BCUT2D eigenvalue weighted by molar-refractivity contribution is 7.10. The van der Waals surface area contributed by atoms with Gasteiger partial charge in [0.1, 0.15) is 11.7 Å². The normalized spacial score (nSPS) is 16.4. The number of nitrogens with zero attached hydrogens (tertiary/aromatic N) is 5. The molecule has 1 aliphatic heterocycles. The minimum absolute atomic E-state index is 0.231. The molecule has 0 radical (unpaired) electrons. The molecule has 4 rings (SSSR count). The van der Waals surface area contributed by atoms with Gasteiger partial charge in [-0.2, -0.15) is 9.78 Å². The zero-order valence-corrected chi connectivity index (χ0v) is 11.2. The maximum Gasteiger partial charge on any atom is 0.288 e. The monoisotopic (exact) mass is 287 g/mol. The average molecular weight is 287 g/mol. The summed E-state index contributed by atoms with van der Waals surface area (Å²) in [6, 6.07) is 3.73. The zero-order valence-electron chi connectivity index (χ0n) is 10.4. The Hall–Kier alpha value is -2.55. The number of H-pyrrole nitrogens is 1. The van der Waals surface area contributed by atoms with Gasteiger partial charge in [0.05, 0.1) is 5.69 Å². The quantitative estimate of drug-likeness (QED) is 0.537. The number of fused-ring (bicyclic) bond motifs is 2. The van der Waals surface area contributed by atoms with E-state index in [0.717, 1.165) is 16.1 Å². The van der Waals surface area contributed by atoms with Gasteiger partial charge in [0.2, 0.25) is 5.95 Å². The van der Waals surface area contributed by atoms with Gasteiger partial charge in [0.25, 0.3) is 5.56 Å². The number of anilines is 2. The Morgan fingerprint density at radius 2 is 2.35 bits per heavy atom. The first-order valence-corrected chi connectivity index (χ1v) is 6.81. The fraction of sp³-hybridized carbons (Fsp3) is 0.182. The Morgan fingerprint density at radius 3 is 3.15 bits per heavy atom. The van der Waals surface area contributed by atoms with Gasteiger partial charge < -0.3 is 5.32 Å². The summed E-state index contributed by atoms with van der Waals surface area (Å²) in [5.41, 5.74) is 1.72. The molecular formula is C11H9N7OS. The van der Waals surface area contributed by atoms with Gasteiger partial charge in [-0.15, -0.1) is 11.3 Å². The molecule has 9 heteroatoms. The lowest BCUT2D eigenvalue weighted by atomic mass is 10.0. The summed E-state index contributed by atoms with van der Waals surface area (Å²) in [5.74, 6) is 0.451. The Balaban J connectivity index is 2.06. The Kier molecular flexibility index (Phi) is 2.24. The highest BCUT2D eigenvalue weighted by atomic mass is 32.1. The molecular weight excluding hydrogens is 278 g/mol. The number of aromatic nitrogens is 6. The Labute approximate surface area is 116 Å². The molecule has 0 saturated heterocycles. The van der Waals surface area contributed by atoms with E-state index in [1.807, 2.05) is 24.4 Å². The predicted molar refractivity (Wildman–Crippen MR) is 72.3 cm³/mol. The van der Waals surface area contributed by atoms with Gasteiger partial charge in [-0.1, -0.05) is 11.2 Å². The van der Waals surface area contributed by atoms with Gasteiger partial charge in [-0.05, 0) is 28.8 Å². The van der Waals surface area contributed by atoms with E-state index in [0.29, 0.717) is 11.6 Å². The minimum atomic E-state index is -0.276. The molecule has 0 aromatic carbocycles. The molecule has 0 spiro atoms. The average Bonchev–Trinajstić information content (AvgIpc) is 3.11. The maximum atomic E-state index is 12.0. The fourth-order valence-electron chi connectivity index (χ4n) is 2.41. The van der Waals surface area contributed by atoms with Crippen molar-refractivity contribution in [2.75, 3.05) is 5.32 Å². The van der Waals surface area contributed by atoms with E-state index in [1.165, 1.54) is 0 Å². The molecule has 0 amide bonds. The highest BCUT2D eigenvalue weighted by Gasteiger charge is 2.33. The van der Waals surface area contributed by atoms with E-state index in [4.69, 9.17) is 0 Å². The number of thiophene rings is 1. The molecule has 0 unspecified atom stereocenters. The van der Waals surface area contributed by atoms with Crippen molar-refractivity contribution in [1.29, 1.82) is 0 Å². The van der Waals surface area contributed by atoms with Gasteiger partial charge in [-0.25, -0.2) is 5.10 Å². The molecule has 0 aliphatic carbocycles. The first-order valence-electron chi connectivity index (χ1n) is 5.93. The van der Waals surface area contributed by atoms with E-state index >= 15 is 0 Å². The van der Waals surface area contributed by atoms with Crippen LogP contribution in [0, 0.1) is 6.92 Å². The third kappa shape index (κ3) is 1.43. The van der Waals surface area contributed by atoms with Crippen molar-refractivity contribution in [2.24, 2.45) is 0 Å². The second-order valence-corrected chi connectivity index (χ2v) is 5.40. The number of rotatable bonds is 1. The lowest BCUT2D eigenvalue weighted by molar-refractivity contribution is 0.569. The molecule has 2 N–H and O–H groups in total. The van der Waals surface area contributed by atoms with Crippen molar-refractivity contribution in [2.45, 2.75) is 13.0 Å². The molecule has 0 bridgehead atoms. The van der Waals surface area contributed by atoms with Crippen molar-refractivity contribution < 1.29 is 0 Å². The van der Waals surface area contributed by atoms with E-state index in [-0.39, 0.29) is 11.6 Å². The highest BCUT2D eigenvalue weighted by Crippen LogP contribution is 2.38. The number of aryl methyl sites for hydroxylation is 1. The summed E-state index contributed by atoms with van der Waals surface area (Å²) in [5, 5.41) is 23.1. The number of aromatic amines is 1. The van der Waals surface area contributed by atoms with Gasteiger partial charge >= 0.3 is 0 Å². The molecule has 3 aromatic rings. The van der Waals surface area contributed by atoms with Gasteiger partial charge in [0.15, 0.2) is 0 Å². The SMILES string of the molecule is Cc1n[nH]c(=O)c2c1[C@H](c1cccs1)n1nnnc1N2. The summed E-state index contributed by atoms with van der Waals surface area (Å²) >= 11 is 1.59. The maximum absolute atomic E-state index is 12.0. The van der Waals surface area contributed by atoms with Crippen LogP contribution in [0.2, 0.25) is 0 Å². The van der Waals surface area contributed by atoms with Gasteiger partial charge in [-0.3, -0.25) is 4.79 Å². The molecule has 4 heterocycles. The number of hydrogen-bond donors (Lipinski definition) is 2. The summed E-state index contributed by atoms with van der Waals surface area (Å²) in [4.78, 5) is 13.1. The van der Waals surface area contributed by atoms with Crippen molar-refractivity contribution >= 4 is 23.0 Å². The third-order valence-corrected chi connectivity index (χ3v) is 4.20. The van der Waals surface area contributed by atoms with Crippen LogP contribution >= 0.6 is 11.3 Å². The van der Waals surface area contributed by atoms with Crippen LogP contribution in [0.25, 0.3) is 0 Å². The molecule has 0 saturated carbocycles. The van der Waals surface area contributed by atoms with Crippen molar-refractivity contribution in [1.82, 2.24) is 30.4 Å². The first kappa shape index (κ1) is 11.3. The van der Waals surface area contributed by atoms with Crippen molar-refractivity contribution in [3.05, 3.63) is 44.0 Å². The summed E-state index contributed by atoms with van der Waals surface area (Å²) in [7, 11) is 0. The Morgan fingerprint density at radius 1 is 1.45 bits per heavy atom. The van der Waals surface area contributed by atoms with Crippen LogP contribution in [-0.4, -0.2) is 30.4 Å². The molecule has 0 fully saturated rings. The lowest BCUT2D eigenvalue weighted by Gasteiger charge is -2.25. The van der Waals surface area contributed by atoms with E-state index in [9.17, 15) is 4.79 Å². The van der Waals surface area contributed by atoms with Crippen molar-refractivity contribution in [3.63, 3.8) is 0 Å². The van der Waals surface area contributed by atoms with Gasteiger partial charge in [0, 0.05) is 10.4 Å². The van der Waals surface area contributed by atoms with Crippen LogP contribution in [0.1, 0.15) is 22.2 Å². The molecule has 1 atom stereocenters. The topological polar surface area (TPSA) is 101 Å². The van der Waals surface area contributed by atoms with E-state index < -0.39 is 0 Å². The number of tetrazole rings is 1.